The molecule has 180 valence electrons. The molecule has 1 saturated heterocycles. The summed E-state index contributed by atoms with van der Waals surface area (Å²) in [5.74, 6) is -1.81. The number of ether oxygens (including phenoxy) is 1. The van der Waals surface area contributed by atoms with E-state index in [2.05, 4.69) is 11.9 Å². The highest BCUT2D eigenvalue weighted by atomic mass is 19.1. The molecule has 1 fully saturated rings. The molecular weight excluding hydrogens is 447 g/mol. The normalized spacial score (nSPS) is 17.1. The fourth-order valence-corrected chi connectivity index (χ4v) is 4.05. The van der Waals surface area contributed by atoms with E-state index in [9.17, 15) is 19.1 Å². The SMILES string of the molecule is CCCCOc1ccc([C@@H]2C(=C(O)c3ccc(C)c(F)c3)C(=O)C(=O)N2Cc2cccnc2)cc1. The number of pyridine rings is 1. The topological polar surface area (TPSA) is 79.7 Å². The van der Waals surface area contributed by atoms with Crippen LogP contribution in [0.3, 0.4) is 0 Å². The number of halogens is 1. The van der Waals surface area contributed by atoms with Crippen molar-refractivity contribution in [1.82, 2.24) is 9.88 Å². The molecule has 1 aliphatic rings. The average Bonchev–Trinajstić information content (AvgIpc) is 3.11. The summed E-state index contributed by atoms with van der Waals surface area (Å²) < 4.78 is 20.0. The molecule has 0 unspecified atom stereocenters. The minimum atomic E-state index is -0.857. The van der Waals surface area contributed by atoms with Crippen molar-refractivity contribution < 1.29 is 23.8 Å². The second kappa shape index (κ2) is 10.5. The van der Waals surface area contributed by atoms with E-state index in [1.165, 1.54) is 23.1 Å². The first kappa shape index (κ1) is 24.1. The number of likely N-dealkylation sites (tertiary alicyclic amines) is 1. The molecule has 7 heteroatoms. The van der Waals surface area contributed by atoms with Gasteiger partial charge in [-0.25, -0.2) is 4.39 Å². The number of Topliss-reactive ketones (excluding diaryl/α,β-unsaturated/α-hetero) is 1. The maximum Gasteiger partial charge on any atom is 0.295 e. The van der Waals surface area contributed by atoms with Crippen LogP contribution in [0.4, 0.5) is 4.39 Å². The van der Waals surface area contributed by atoms with Crippen molar-refractivity contribution >= 4 is 17.4 Å². The van der Waals surface area contributed by atoms with Crippen LogP contribution in [0.25, 0.3) is 5.76 Å². The van der Waals surface area contributed by atoms with E-state index >= 15 is 0 Å². The first-order valence-electron chi connectivity index (χ1n) is 11.6. The number of hydrogen-bond donors (Lipinski definition) is 1. The molecule has 2 aromatic carbocycles. The number of nitrogens with zero attached hydrogens (tertiary/aromatic N) is 2. The number of unbranched alkanes of at least 4 members (excludes halogenated alkanes) is 1. The molecule has 0 saturated carbocycles. The number of amides is 1. The molecule has 0 spiro atoms. The molecule has 4 rings (SSSR count). The molecule has 0 radical (unpaired) electrons. The van der Waals surface area contributed by atoms with Crippen LogP contribution in [0.2, 0.25) is 0 Å². The second-order valence-corrected chi connectivity index (χ2v) is 8.52. The number of carbonyl (C=O) groups excluding carboxylic acids is 2. The van der Waals surface area contributed by atoms with Gasteiger partial charge in [-0.15, -0.1) is 0 Å². The predicted octanol–water partition coefficient (Wildman–Crippen LogP) is 5.33. The lowest BCUT2D eigenvalue weighted by atomic mass is 9.94. The molecule has 1 aromatic heterocycles. The summed E-state index contributed by atoms with van der Waals surface area (Å²) in [7, 11) is 0. The van der Waals surface area contributed by atoms with Crippen LogP contribution in [0.1, 0.15) is 48.1 Å². The number of hydrogen-bond acceptors (Lipinski definition) is 5. The van der Waals surface area contributed by atoms with Crippen molar-refractivity contribution in [3.8, 4) is 5.75 Å². The second-order valence-electron chi connectivity index (χ2n) is 8.52. The van der Waals surface area contributed by atoms with Gasteiger partial charge >= 0.3 is 0 Å². The quantitative estimate of drug-likeness (QED) is 0.207. The summed E-state index contributed by atoms with van der Waals surface area (Å²) in [6.45, 7) is 4.40. The lowest BCUT2D eigenvalue weighted by molar-refractivity contribution is -0.140. The van der Waals surface area contributed by atoms with Crippen LogP contribution in [-0.2, 0) is 16.1 Å². The smallest absolute Gasteiger partial charge is 0.295 e. The Bertz CT molecular complexity index is 1260. The van der Waals surface area contributed by atoms with Gasteiger partial charge in [-0.3, -0.25) is 14.6 Å². The van der Waals surface area contributed by atoms with E-state index in [1.807, 2.05) is 6.07 Å². The van der Waals surface area contributed by atoms with E-state index in [-0.39, 0.29) is 17.7 Å². The number of aliphatic hydroxyl groups excluding tert-OH is 1. The van der Waals surface area contributed by atoms with Crippen LogP contribution in [0.5, 0.6) is 5.75 Å². The Morgan fingerprint density at radius 1 is 1.14 bits per heavy atom. The van der Waals surface area contributed by atoms with Gasteiger partial charge in [-0.1, -0.05) is 43.7 Å². The minimum Gasteiger partial charge on any atom is -0.507 e. The molecule has 3 aromatic rings. The zero-order chi connectivity index (χ0) is 24.9. The molecule has 2 heterocycles. The lowest BCUT2D eigenvalue weighted by Crippen LogP contribution is -2.29. The van der Waals surface area contributed by atoms with Crippen LogP contribution >= 0.6 is 0 Å². The summed E-state index contributed by atoms with van der Waals surface area (Å²) in [6, 6.07) is 14.0. The zero-order valence-corrected chi connectivity index (χ0v) is 19.7. The molecule has 0 aliphatic carbocycles. The average molecular weight is 475 g/mol. The molecule has 1 N–H and O–H groups in total. The van der Waals surface area contributed by atoms with Crippen LogP contribution < -0.4 is 4.74 Å². The van der Waals surface area contributed by atoms with Gasteiger partial charge < -0.3 is 14.7 Å². The van der Waals surface area contributed by atoms with Crippen molar-refractivity contribution in [3.63, 3.8) is 0 Å². The fraction of sp³-hybridized carbons (Fsp3) is 0.250. The van der Waals surface area contributed by atoms with E-state index < -0.39 is 29.3 Å². The van der Waals surface area contributed by atoms with Crippen LogP contribution in [-0.4, -0.2) is 33.3 Å². The Hall–Kier alpha value is -4.00. The first-order valence-corrected chi connectivity index (χ1v) is 11.6. The van der Waals surface area contributed by atoms with E-state index in [4.69, 9.17) is 4.74 Å². The number of carbonyl (C=O) groups is 2. The number of ketones is 1. The highest BCUT2D eigenvalue weighted by Gasteiger charge is 2.46. The lowest BCUT2D eigenvalue weighted by Gasteiger charge is -2.25. The standard InChI is InChI=1S/C28H27FN2O4/c1-3-4-14-35-22-11-9-20(10-12-22)25-24(26(32)21-8-7-18(2)23(29)15-21)27(33)28(34)31(25)17-19-6-5-13-30-16-19/h5-13,15-16,25,32H,3-4,14,17H2,1-2H3/t25-/m1/s1. The summed E-state index contributed by atoms with van der Waals surface area (Å²) >= 11 is 0. The number of aromatic nitrogens is 1. The van der Waals surface area contributed by atoms with Crippen molar-refractivity contribution in [2.45, 2.75) is 39.3 Å². The van der Waals surface area contributed by atoms with Gasteiger partial charge in [0.15, 0.2) is 0 Å². The predicted molar refractivity (Wildman–Crippen MR) is 130 cm³/mol. The van der Waals surface area contributed by atoms with Crippen molar-refractivity contribution in [3.05, 3.63) is 101 Å². The van der Waals surface area contributed by atoms with Gasteiger partial charge in [0.2, 0.25) is 0 Å². The van der Waals surface area contributed by atoms with E-state index in [0.717, 1.165) is 18.4 Å². The molecule has 6 nitrogen and oxygen atoms in total. The fourth-order valence-electron chi connectivity index (χ4n) is 4.05. The Labute approximate surface area is 203 Å². The largest absolute Gasteiger partial charge is 0.507 e. The molecule has 0 bridgehead atoms. The monoisotopic (exact) mass is 474 g/mol. The Balaban J connectivity index is 1.78. The summed E-state index contributed by atoms with van der Waals surface area (Å²) in [5, 5.41) is 11.1. The number of aryl methyl sites for hydroxylation is 1. The van der Waals surface area contributed by atoms with Gasteiger partial charge in [0.1, 0.15) is 17.3 Å². The molecule has 1 amide bonds. The highest BCUT2D eigenvalue weighted by molar-refractivity contribution is 6.46. The van der Waals surface area contributed by atoms with Crippen molar-refractivity contribution in [2.75, 3.05) is 6.61 Å². The van der Waals surface area contributed by atoms with Gasteiger partial charge in [0.25, 0.3) is 11.7 Å². The van der Waals surface area contributed by atoms with E-state index in [0.29, 0.717) is 23.5 Å². The Morgan fingerprint density at radius 3 is 2.57 bits per heavy atom. The Morgan fingerprint density at radius 2 is 1.91 bits per heavy atom. The third-order valence-corrected chi connectivity index (χ3v) is 6.02. The third-order valence-electron chi connectivity index (χ3n) is 6.02. The van der Waals surface area contributed by atoms with E-state index in [1.54, 1.807) is 49.6 Å². The molecular formula is C28H27FN2O4. The summed E-state index contributed by atoms with van der Waals surface area (Å²) in [6.07, 6.45) is 5.19. The summed E-state index contributed by atoms with van der Waals surface area (Å²) in [5.41, 5.74) is 1.83. The summed E-state index contributed by atoms with van der Waals surface area (Å²) in [4.78, 5) is 31.8. The van der Waals surface area contributed by atoms with Crippen molar-refractivity contribution in [1.29, 1.82) is 0 Å². The highest BCUT2D eigenvalue weighted by Crippen LogP contribution is 2.40. The minimum absolute atomic E-state index is 0.0817. The maximum absolute atomic E-state index is 14.2. The number of aliphatic hydroxyl groups is 1. The number of benzene rings is 2. The van der Waals surface area contributed by atoms with Crippen LogP contribution in [0, 0.1) is 12.7 Å². The van der Waals surface area contributed by atoms with Gasteiger partial charge in [-0.05, 0) is 54.3 Å². The molecule has 35 heavy (non-hydrogen) atoms. The van der Waals surface area contributed by atoms with Gasteiger partial charge in [0.05, 0.1) is 18.2 Å². The maximum atomic E-state index is 14.2. The third kappa shape index (κ3) is 5.09. The van der Waals surface area contributed by atoms with Gasteiger partial charge in [-0.2, -0.15) is 0 Å². The van der Waals surface area contributed by atoms with Crippen molar-refractivity contribution in [2.24, 2.45) is 0 Å². The first-order chi connectivity index (χ1) is 16.9. The zero-order valence-electron chi connectivity index (χ0n) is 19.7. The van der Waals surface area contributed by atoms with Crippen LogP contribution in [0.15, 0.2) is 72.6 Å². The molecule has 1 atom stereocenters. The van der Waals surface area contributed by atoms with Gasteiger partial charge in [0, 0.05) is 24.5 Å². The molecule has 1 aliphatic heterocycles. The number of rotatable bonds is 8. The Kier molecular flexibility index (Phi) is 7.25.